The van der Waals surface area contributed by atoms with Crippen LogP contribution in [0.4, 0.5) is 15.8 Å². The summed E-state index contributed by atoms with van der Waals surface area (Å²) in [5, 5.41) is 2.92. The summed E-state index contributed by atoms with van der Waals surface area (Å²) >= 11 is 0. The Morgan fingerprint density at radius 1 is 1.11 bits per heavy atom. The van der Waals surface area contributed by atoms with Crippen molar-refractivity contribution in [2.45, 2.75) is 6.92 Å². The molecule has 2 aromatic carbocycles. The second-order valence-corrected chi connectivity index (χ2v) is 4.44. The summed E-state index contributed by atoms with van der Waals surface area (Å²) in [5.41, 5.74) is 2.92. The summed E-state index contributed by atoms with van der Waals surface area (Å²) in [4.78, 5) is 16.4. The van der Waals surface area contributed by atoms with Gasteiger partial charge in [-0.3, -0.25) is 4.79 Å². The number of Topliss-reactive ketones (excluding diaryl/α,β-unsaturated/α-hetero) is 1. The van der Waals surface area contributed by atoms with Gasteiger partial charge in [0.25, 0.3) is 0 Å². The van der Waals surface area contributed by atoms with Gasteiger partial charge in [0.1, 0.15) is 5.82 Å². The molecule has 0 radical (unpaired) electrons. The Balaban J connectivity index is 1.89. The van der Waals surface area contributed by atoms with Crippen molar-refractivity contribution in [1.29, 1.82) is 0 Å². The molecule has 4 heteroatoms. The van der Waals surface area contributed by atoms with Crippen LogP contribution in [0.5, 0.6) is 0 Å². The van der Waals surface area contributed by atoms with Crippen molar-refractivity contribution in [2.75, 3.05) is 5.32 Å². The number of rotatable bonds is 1. The Bertz CT molecular complexity index is 690. The highest BCUT2D eigenvalue weighted by molar-refractivity contribution is 6.52. The molecule has 0 aliphatic carbocycles. The van der Waals surface area contributed by atoms with Gasteiger partial charge < -0.3 is 5.32 Å². The van der Waals surface area contributed by atoms with Crippen LogP contribution in [0, 0.1) is 12.7 Å². The number of benzene rings is 2. The van der Waals surface area contributed by atoms with Crippen LogP contribution in [-0.4, -0.2) is 11.6 Å². The number of nitrogens with zero attached hydrogens (tertiary/aromatic N) is 1. The third kappa shape index (κ3) is 2.12. The molecule has 3 nitrogen and oxygen atoms in total. The first kappa shape index (κ1) is 11.6. The predicted molar refractivity (Wildman–Crippen MR) is 72.6 cm³/mol. The molecule has 1 N–H and O–H groups in total. The number of carbonyl (C=O) groups excluding carboxylic acids is 1. The Morgan fingerprint density at radius 3 is 2.58 bits per heavy atom. The van der Waals surface area contributed by atoms with Crippen LogP contribution in [0.15, 0.2) is 47.5 Å². The Hall–Kier alpha value is -2.49. The largest absolute Gasteiger partial charge is 0.337 e. The van der Waals surface area contributed by atoms with Crippen LogP contribution < -0.4 is 5.32 Å². The van der Waals surface area contributed by atoms with E-state index in [0.29, 0.717) is 16.9 Å². The number of hydrogen-bond donors (Lipinski definition) is 1. The average molecular weight is 254 g/mol. The van der Waals surface area contributed by atoms with Crippen LogP contribution in [0.2, 0.25) is 0 Å². The Labute approximate surface area is 109 Å². The van der Waals surface area contributed by atoms with Crippen LogP contribution in [0.3, 0.4) is 0 Å². The maximum Gasteiger partial charge on any atom is 0.230 e. The third-order valence-corrected chi connectivity index (χ3v) is 2.95. The van der Waals surface area contributed by atoms with Gasteiger partial charge in [0.05, 0.1) is 11.3 Å². The lowest BCUT2D eigenvalue weighted by Gasteiger charge is -2.04. The minimum atomic E-state index is -0.316. The molecule has 3 rings (SSSR count). The molecule has 2 aromatic rings. The smallest absolute Gasteiger partial charge is 0.230 e. The van der Waals surface area contributed by atoms with E-state index in [4.69, 9.17) is 0 Å². The molecule has 0 saturated heterocycles. The quantitative estimate of drug-likeness (QED) is 0.846. The third-order valence-electron chi connectivity index (χ3n) is 2.95. The zero-order valence-corrected chi connectivity index (χ0v) is 10.3. The molecule has 1 aliphatic rings. The molecule has 1 aliphatic heterocycles. The topological polar surface area (TPSA) is 41.5 Å². The average Bonchev–Trinajstić information content (AvgIpc) is 2.70. The Morgan fingerprint density at radius 2 is 1.84 bits per heavy atom. The van der Waals surface area contributed by atoms with Gasteiger partial charge in [0, 0.05) is 5.69 Å². The molecule has 0 bridgehead atoms. The van der Waals surface area contributed by atoms with Gasteiger partial charge in [0.2, 0.25) is 5.78 Å². The normalized spacial score (nSPS) is 13.2. The highest BCUT2D eigenvalue weighted by atomic mass is 19.1. The number of hydrogen-bond acceptors (Lipinski definition) is 3. The van der Waals surface area contributed by atoms with Crippen molar-refractivity contribution in [3.05, 3.63) is 59.4 Å². The Kier molecular flexibility index (Phi) is 2.63. The predicted octanol–water partition coefficient (Wildman–Crippen LogP) is 3.47. The fraction of sp³-hybridized carbons (Fsp3) is 0.0667. The molecule has 0 aromatic heterocycles. The first-order chi connectivity index (χ1) is 9.13. The number of fused-ring (bicyclic) bond motifs is 1. The van der Waals surface area contributed by atoms with E-state index in [1.165, 1.54) is 12.1 Å². The van der Waals surface area contributed by atoms with E-state index in [2.05, 4.69) is 10.3 Å². The van der Waals surface area contributed by atoms with Crippen molar-refractivity contribution in [1.82, 2.24) is 0 Å². The van der Waals surface area contributed by atoms with E-state index in [1.807, 2.05) is 25.1 Å². The van der Waals surface area contributed by atoms with Gasteiger partial charge in [-0.2, -0.15) is 0 Å². The van der Waals surface area contributed by atoms with E-state index in [-0.39, 0.29) is 17.4 Å². The number of nitrogens with one attached hydrogen (secondary N) is 1. The van der Waals surface area contributed by atoms with Crippen molar-refractivity contribution >= 4 is 23.0 Å². The van der Waals surface area contributed by atoms with Gasteiger partial charge in [0.15, 0.2) is 5.84 Å². The van der Waals surface area contributed by atoms with Gasteiger partial charge in [-0.1, -0.05) is 11.6 Å². The monoisotopic (exact) mass is 254 g/mol. The van der Waals surface area contributed by atoms with Crippen LogP contribution in [0.1, 0.15) is 15.9 Å². The summed E-state index contributed by atoms with van der Waals surface area (Å²) in [6.07, 6.45) is 0. The summed E-state index contributed by atoms with van der Waals surface area (Å²) in [6, 6.07) is 11.4. The SMILES string of the molecule is Cc1ccc2c(c1)C(=O)C(Nc1ccc(F)cc1)=N2. The maximum absolute atomic E-state index is 12.8. The molecule has 0 fully saturated rings. The summed E-state index contributed by atoms with van der Waals surface area (Å²) in [5.74, 6) is -0.181. The van der Waals surface area contributed by atoms with Crippen LogP contribution in [-0.2, 0) is 0 Å². The fourth-order valence-corrected chi connectivity index (χ4v) is 1.98. The highest BCUT2D eigenvalue weighted by Gasteiger charge is 2.24. The number of carbonyl (C=O) groups is 1. The van der Waals surface area contributed by atoms with Gasteiger partial charge >= 0.3 is 0 Å². The highest BCUT2D eigenvalue weighted by Crippen LogP contribution is 2.27. The molecule has 0 spiro atoms. The second kappa shape index (κ2) is 4.31. The molecule has 0 unspecified atom stereocenters. The number of ketones is 1. The summed E-state index contributed by atoms with van der Waals surface area (Å²) in [6.45, 7) is 1.93. The molecule has 0 atom stereocenters. The first-order valence-corrected chi connectivity index (χ1v) is 5.90. The number of amidine groups is 1. The van der Waals surface area contributed by atoms with E-state index >= 15 is 0 Å². The van der Waals surface area contributed by atoms with E-state index in [1.54, 1.807) is 12.1 Å². The van der Waals surface area contributed by atoms with Crippen molar-refractivity contribution in [3.8, 4) is 0 Å². The number of aliphatic imine (C=N–C) groups is 1. The minimum Gasteiger partial charge on any atom is -0.337 e. The van der Waals surface area contributed by atoms with Crippen molar-refractivity contribution in [3.63, 3.8) is 0 Å². The number of anilines is 1. The lowest BCUT2D eigenvalue weighted by atomic mass is 10.1. The fourth-order valence-electron chi connectivity index (χ4n) is 1.98. The first-order valence-electron chi connectivity index (χ1n) is 5.90. The maximum atomic E-state index is 12.8. The number of aryl methyl sites for hydroxylation is 1. The van der Waals surface area contributed by atoms with Crippen LogP contribution in [0.25, 0.3) is 0 Å². The molecule has 94 valence electrons. The van der Waals surface area contributed by atoms with Crippen molar-refractivity contribution in [2.24, 2.45) is 4.99 Å². The summed E-state index contributed by atoms with van der Waals surface area (Å²) < 4.78 is 12.8. The van der Waals surface area contributed by atoms with Gasteiger partial charge in [-0.15, -0.1) is 0 Å². The standard InChI is InChI=1S/C15H11FN2O/c1-9-2-7-13-12(8-9)14(19)15(18-13)17-11-5-3-10(16)4-6-11/h2-8H,1H3,(H,17,18,19). The zero-order valence-electron chi connectivity index (χ0n) is 10.3. The van der Waals surface area contributed by atoms with E-state index < -0.39 is 0 Å². The number of halogens is 1. The molecule has 19 heavy (non-hydrogen) atoms. The van der Waals surface area contributed by atoms with Crippen molar-refractivity contribution < 1.29 is 9.18 Å². The van der Waals surface area contributed by atoms with E-state index in [0.717, 1.165) is 5.56 Å². The van der Waals surface area contributed by atoms with Gasteiger partial charge in [-0.05, 0) is 43.3 Å². The molecular weight excluding hydrogens is 243 g/mol. The molecule has 0 amide bonds. The molecular formula is C15H11FN2O. The summed E-state index contributed by atoms with van der Waals surface area (Å²) in [7, 11) is 0. The van der Waals surface area contributed by atoms with Gasteiger partial charge in [-0.25, -0.2) is 9.38 Å². The van der Waals surface area contributed by atoms with Crippen LogP contribution >= 0.6 is 0 Å². The molecule has 1 heterocycles. The lowest BCUT2D eigenvalue weighted by molar-refractivity contribution is 0.106. The lowest BCUT2D eigenvalue weighted by Crippen LogP contribution is -2.19. The zero-order chi connectivity index (χ0) is 13.4. The van der Waals surface area contributed by atoms with E-state index in [9.17, 15) is 9.18 Å². The minimum absolute atomic E-state index is 0.136. The second-order valence-electron chi connectivity index (χ2n) is 4.44. The molecule has 0 saturated carbocycles.